The van der Waals surface area contributed by atoms with E-state index in [0.29, 0.717) is 5.69 Å². The molecule has 8 nitrogen and oxygen atoms in total. The lowest BCUT2D eigenvalue weighted by Gasteiger charge is -2.27. The van der Waals surface area contributed by atoms with Crippen molar-refractivity contribution in [1.82, 2.24) is 9.97 Å². The number of nitrogen functional groups attached to an aromatic ring is 1. The van der Waals surface area contributed by atoms with E-state index in [1.807, 2.05) is 0 Å². The third-order valence-corrected chi connectivity index (χ3v) is 4.30. The zero-order valence-electron chi connectivity index (χ0n) is 12.1. The van der Waals surface area contributed by atoms with E-state index in [9.17, 15) is 19.4 Å². The monoisotopic (exact) mass is 324 g/mol. The second-order valence-electron chi connectivity index (χ2n) is 5.68. The van der Waals surface area contributed by atoms with Crippen molar-refractivity contribution in [2.75, 3.05) is 12.3 Å². The summed E-state index contributed by atoms with van der Waals surface area (Å²) in [4.78, 5) is 22.1. The summed E-state index contributed by atoms with van der Waals surface area (Å²) in [6, 6.07) is 0. The number of hydrogen-bond acceptors (Lipinski definition) is 7. The van der Waals surface area contributed by atoms with Gasteiger partial charge in [-0.2, -0.15) is 0 Å². The molecule has 9 heteroatoms. The molecule has 0 radical (unpaired) electrons. The third-order valence-electron chi connectivity index (χ3n) is 4.30. The van der Waals surface area contributed by atoms with Gasteiger partial charge in [-0.15, -0.1) is 6.58 Å². The van der Waals surface area contributed by atoms with Gasteiger partial charge in [0.2, 0.25) is 5.95 Å². The maximum Gasteiger partial charge on any atom is 0.278 e. The number of aliphatic hydroxyl groups excluding tert-OH is 2. The molecule has 0 aliphatic carbocycles. The van der Waals surface area contributed by atoms with Crippen LogP contribution in [0.1, 0.15) is 5.69 Å². The minimum atomic E-state index is -1.74. The van der Waals surface area contributed by atoms with Crippen molar-refractivity contribution in [2.24, 2.45) is 10.9 Å². The zero-order valence-corrected chi connectivity index (χ0v) is 12.1. The van der Waals surface area contributed by atoms with Crippen molar-refractivity contribution in [1.29, 1.82) is 0 Å². The summed E-state index contributed by atoms with van der Waals surface area (Å²) in [6.07, 6.45) is -1.55. The maximum absolute atomic E-state index is 14.5. The van der Waals surface area contributed by atoms with Gasteiger partial charge in [-0.25, -0.2) is 9.37 Å². The van der Waals surface area contributed by atoms with Crippen molar-refractivity contribution in [3.8, 4) is 0 Å². The van der Waals surface area contributed by atoms with Gasteiger partial charge in [-0.1, -0.05) is 6.08 Å². The third kappa shape index (κ3) is 2.37. The van der Waals surface area contributed by atoms with Crippen LogP contribution in [-0.2, 0) is 11.2 Å². The largest absolute Gasteiger partial charge is 0.393 e. The van der Waals surface area contributed by atoms with E-state index < -0.39 is 42.1 Å². The molecule has 0 spiro atoms. The molecule has 1 unspecified atom stereocenters. The smallest absolute Gasteiger partial charge is 0.278 e. The molecule has 0 aromatic carbocycles. The Morgan fingerprint density at radius 3 is 3.00 bits per heavy atom. The lowest BCUT2D eigenvalue weighted by Crippen LogP contribution is -2.43. The van der Waals surface area contributed by atoms with E-state index in [-0.39, 0.29) is 18.1 Å². The van der Waals surface area contributed by atoms with Crippen molar-refractivity contribution >= 4 is 17.9 Å². The number of fused-ring (bicyclic) bond motifs is 1. The van der Waals surface area contributed by atoms with E-state index in [1.165, 1.54) is 12.3 Å². The maximum atomic E-state index is 14.5. The Bertz CT molecular complexity index is 721. The molecule has 3 rings (SSSR count). The molecule has 1 aromatic heterocycles. The van der Waals surface area contributed by atoms with E-state index in [0.717, 1.165) is 0 Å². The SMILES string of the molecule is C=C[C@]1(CO)O[C@@H](C2C=Nc3c(nc(N)[nH]c3=O)C2)[C@H](F)[C@@H]1O. The minimum absolute atomic E-state index is 0.0513. The Morgan fingerprint density at radius 2 is 2.39 bits per heavy atom. The summed E-state index contributed by atoms with van der Waals surface area (Å²) in [7, 11) is 0. The highest BCUT2D eigenvalue weighted by Gasteiger charge is 2.55. The second-order valence-corrected chi connectivity index (χ2v) is 5.68. The first kappa shape index (κ1) is 15.8. The molecular weight excluding hydrogens is 307 g/mol. The summed E-state index contributed by atoms with van der Waals surface area (Å²) in [5, 5.41) is 19.4. The number of anilines is 1. The Kier molecular flexibility index (Phi) is 3.78. The fourth-order valence-corrected chi connectivity index (χ4v) is 2.98. The van der Waals surface area contributed by atoms with Gasteiger partial charge in [0.25, 0.3) is 5.56 Å². The molecule has 2 aliphatic heterocycles. The molecule has 23 heavy (non-hydrogen) atoms. The lowest BCUT2D eigenvalue weighted by molar-refractivity contribution is -0.0840. The number of ether oxygens (including phenoxy) is 1. The summed E-state index contributed by atoms with van der Waals surface area (Å²) in [5.41, 5.74) is 3.94. The van der Waals surface area contributed by atoms with E-state index in [2.05, 4.69) is 21.5 Å². The number of alkyl halides is 1. The van der Waals surface area contributed by atoms with Crippen LogP contribution in [0.2, 0.25) is 0 Å². The average Bonchev–Trinajstić information content (AvgIpc) is 2.79. The number of halogens is 1. The number of nitrogens with one attached hydrogen (secondary N) is 1. The van der Waals surface area contributed by atoms with Crippen molar-refractivity contribution in [3.63, 3.8) is 0 Å². The molecule has 1 aromatic rings. The van der Waals surface area contributed by atoms with Crippen molar-refractivity contribution in [2.45, 2.75) is 30.4 Å². The van der Waals surface area contributed by atoms with Gasteiger partial charge < -0.3 is 20.7 Å². The molecule has 0 bridgehead atoms. The number of aromatic amines is 1. The predicted molar refractivity (Wildman–Crippen MR) is 80.4 cm³/mol. The molecule has 124 valence electrons. The number of hydrogen-bond donors (Lipinski definition) is 4. The highest BCUT2D eigenvalue weighted by atomic mass is 19.1. The van der Waals surface area contributed by atoms with E-state index in [1.54, 1.807) is 0 Å². The van der Waals surface area contributed by atoms with Crippen LogP contribution in [0.5, 0.6) is 0 Å². The highest BCUT2D eigenvalue weighted by Crippen LogP contribution is 2.39. The average molecular weight is 324 g/mol. The van der Waals surface area contributed by atoms with E-state index in [4.69, 9.17) is 10.5 Å². The molecule has 1 fully saturated rings. The van der Waals surface area contributed by atoms with Gasteiger partial charge in [-0.05, 0) is 0 Å². The van der Waals surface area contributed by atoms with Gasteiger partial charge in [0, 0.05) is 18.6 Å². The topological polar surface area (TPSA) is 134 Å². The molecule has 0 saturated carbocycles. The normalized spacial score (nSPS) is 36.0. The van der Waals surface area contributed by atoms with Crippen molar-refractivity contribution < 1.29 is 19.3 Å². The summed E-state index contributed by atoms with van der Waals surface area (Å²) < 4.78 is 20.0. The van der Waals surface area contributed by atoms with Gasteiger partial charge in [0.05, 0.1) is 12.3 Å². The minimum Gasteiger partial charge on any atom is -0.393 e. The van der Waals surface area contributed by atoms with Gasteiger partial charge >= 0.3 is 0 Å². The summed E-state index contributed by atoms with van der Waals surface area (Å²) in [5.74, 6) is -0.612. The Labute approximate surface area is 130 Å². The van der Waals surface area contributed by atoms with Crippen LogP contribution >= 0.6 is 0 Å². The molecule has 1 saturated heterocycles. The van der Waals surface area contributed by atoms with Crippen LogP contribution in [0.25, 0.3) is 0 Å². The van der Waals surface area contributed by atoms with E-state index >= 15 is 0 Å². The highest BCUT2D eigenvalue weighted by molar-refractivity contribution is 5.71. The number of aliphatic hydroxyl groups is 2. The number of aliphatic imine (C=N–C) groups is 1. The van der Waals surface area contributed by atoms with Gasteiger partial charge in [-0.3, -0.25) is 14.8 Å². The van der Waals surface area contributed by atoms with Gasteiger partial charge in [0.15, 0.2) is 6.17 Å². The van der Waals surface area contributed by atoms with Crippen LogP contribution < -0.4 is 11.3 Å². The van der Waals surface area contributed by atoms with Crippen molar-refractivity contribution in [3.05, 3.63) is 28.7 Å². The van der Waals surface area contributed by atoms with Crippen LogP contribution in [0, 0.1) is 5.92 Å². The number of rotatable bonds is 3. The second kappa shape index (κ2) is 5.52. The van der Waals surface area contributed by atoms with Gasteiger partial charge in [0.1, 0.15) is 23.5 Å². The van der Waals surface area contributed by atoms with Crippen LogP contribution in [0.15, 0.2) is 22.4 Å². The molecular formula is C14H17FN4O4. The molecule has 5 atom stereocenters. The number of nitrogens with zero attached hydrogens (tertiary/aromatic N) is 2. The summed E-state index contributed by atoms with van der Waals surface area (Å²) >= 11 is 0. The van der Waals surface area contributed by atoms with Crippen LogP contribution in [-0.4, -0.2) is 57.0 Å². The molecule has 3 heterocycles. The first-order chi connectivity index (χ1) is 10.9. The Balaban J connectivity index is 1.90. The lowest BCUT2D eigenvalue weighted by atomic mass is 9.89. The standard InChI is InChI=1S/C14H17FN4O4/c1-2-14(5-20)11(21)8(15)10(23-14)6-3-7-9(17-4-6)12(22)19-13(16)18-7/h2,4,6,8,10-11,20-21H,1,3,5H2,(H3,16,18,19,22)/t6?,8-,10-,11-,14+/m0/s1. The number of nitrogens with two attached hydrogens (primary N) is 1. The fraction of sp³-hybridized carbons (Fsp3) is 0.500. The summed E-state index contributed by atoms with van der Waals surface area (Å²) in [6.45, 7) is 2.89. The number of aromatic nitrogens is 2. The van der Waals surface area contributed by atoms with Crippen LogP contribution in [0.4, 0.5) is 16.0 Å². The predicted octanol–water partition coefficient (Wildman–Crippen LogP) is -0.758. The first-order valence-electron chi connectivity index (χ1n) is 7.09. The fourth-order valence-electron chi connectivity index (χ4n) is 2.98. The number of H-pyrrole nitrogens is 1. The molecule has 2 aliphatic rings. The Morgan fingerprint density at radius 1 is 1.65 bits per heavy atom. The molecule has 0 amide bonds. The van der Waals surface area contributed by atoms with Crippen LogP contribution in [0.3, 0.4) is 0 Å². The molecule has 5 N–H and O–H groups in total. The zero-order chi connectivity index (χ0) is 16.8. The first-order valence-corrected chi connectivity index (χ1v) is 7.09. The Hall–Kier alpha value is -2.10. The quantitative estimate of drug-likeness (QED) is 0.540.